The van der Waals surface area contributed by atoms with Gasteiger partial charge in [0.2, 0.25) is 5.91 Å². The van der Waals surface area contributed by atoms with Gasteiger partial charge in [0.1, 0.15) is 0 Å². The van der Waals surface area contributed by atoms with Crippen LogP contribution < -0.4 is 5.73 Å². The minimum atomic E-state index is -0.365. The summed E-state index contributed by atoms with van der Waals surface area (Å²) in [5, 5.41) is 0.608. The van der Waals surface area contributed by atoms with E-state index >= 15 is 0 Å². The lowest BCUT2D eigenvalue weighted by Gasteiger charge is -2.40. The second kappa shape index (κ2) is 7.07. The highest BCUT2D eigenvalue weighted by Gasteiger charge is 2.57. The maximum atomic E-state index is 13.5. The van der Waals surface area contributed by atoms with E-state index in [9.17, 15) is 4.79 Å². The molecule has 3 fully saturated rings. The van der Waals surface area contributed by atoms with Crippen LogP contribution in [0.3, 0.4) is 0 Å². The highest BCUT2D eigenvalue weighted by atomic mass is 32.1. The van der Waals surface area contributed by atoms with Gasteiger partial charge in [0, 0.05) is 68.8 Å². The van der Waals surface area contributed by atoms with Crippen molar-refractivity contribution in [3.05, 3.63) is 11.1 Å². The van der Waals surface area contributed by atoms with Gasteiger partial charge in [-0.1, -0.05) is 0 Å². The minimum Gasteiger partial charge on any atom is -0.380 e. The average molecular weight is 380 g/mol. The first-order valence-electron chi connectivity index (χ1n) is 9.51. The Hall–Kier alpha value is -1.22. The Morgan fingerprint density at radius 3 is 2.85 bits per heavy atom. The topological polar surface area (TPSA) is 74.9 Å². The molecule has 3 aliphatic heterocycles. The molecule has 3 aliphatic rings. The van der Waals surface area contributed by atoms with Gasteiger partial charge in [-0.05, 0) is 13.8 Å². The Morgan fingerprint density at radius 2 is 2.19 bits per heavy atom. The first kappa shape index (κ1) is 18.2. The molecule has 0 aromatic carbocycles. The molecule has 26 heavy (non-hydrogen) atoms. The fourth-order valence-corrected chi connectivity index (χ4v) is 5.36. The zero-order valence-corrected chi connectivity index (χ0v) is 16.5. The molecule has 0 aliphatic carbocycles. The number of carbonyl (C=O) groups is 1. The second-order valence-electron chi connectivity index (χ2n) is 8.12. The van der Waals surface area contributed by atoms with Crippen LogP contribution in [-0.4, -0.2) is 84.1 Å². The van der Waals surface area contributed by atoms with E-state index in [4.69, 9.17) is 10.5 Å². The van der Waals surface area contributed by atoms with Gasteiger partial charge in [0.25, 0.3) is 0 Å². The van der Waals surface area contributed by atoms with E-state index in [1.807, 2.05) is 6.20 Å². The van der Waals surface area contributed by atoms with Gasteiger partial charge < -0.3 is 15.4 Å². The smallest absolute Gasteiger partial charge is 0.232 e. The number of ether oxygens (including phenoxy) is 1. The van der Waals surface area contributed by atoms with Gasteiger partial charge >= 0.3 is 0 Å². The molecule has 2 atom stereocenters. The molecule has 0 saturated carbocycles. The SMILES string of the molecule is CC(C)N1CCN(C(=O)[C@]23COC[C@H]2CN(Cc2cnc(N)s2)C3)CC1. The molecule has 0 bridgehead atoms. The zero-order valence-electron chi connectivity index (χ0n) is 15.7. The van der Waals surface area contributed by atoms with Crippen LogP contribution in [0.25, 0.3) is 0 Å². The fourth-order valence-electron chi connectivity index (χ4n) is 4.63. The molecule has 1 aromatic rings. The van der Waals surface area contributed by atoms with Crippen molar-refractivity contribution in [2.24, 2.45) is 11.3 Å². The minimum absolute atomic E-state index is 0.295. The van der Waals surface area contributed by atoms with Crippen LogP contribution in [0.15, 0.2) is 6.20 Å². The lowest BCUT2D eigenvalue weighted by Crippen LogP contribution is -2.56. The summed E-state index contributed by atoms with van der Waals surface area (Å²) >= 11 is 1.53. The Balaban J connectivity index is 1.43. The molecule has 8 heteroatoms. The van der Waals surface area contributed by atoms with Gasteiger partial charge in [0.05, 0.1) is 18.6 Å². The Bertz CT molecular complexity index is 658. The monoisotopic (exact) mass is 379 g/mol. The number of thiazole rings is 1. The number of anilines is 1. The molecule has 7 nitrogen and oxygen atoms in total. The summed E-state index contributed by atoms with van der Waals surface area (Å²) in [4.78, 5) is 25.7. The first-order valence-corrected chi connectivity index (χ1v) is 10.3. The molecule has 0 spiro atoms. The van der Waals surface area contributed by atoms with Gasteiger partial charge in [-0.15, -0.1) is 11.3 Å². The van der Waals surface area contributed by atoms with Crippen LogP contribution in [0.1, 0.15) is 18.7 Å². The van der Waals surface area contributed by atoms with Crippen LogP contribution in [0.5, 0.6) is 0 Å². The molecule has 2 N–H and O–H groups in total. The molecular weight excluding hydrogens is 350 g/mol. The first-order chi connectivity index (χ1) is 12.5. The highest BCUT2D eigenvalue weighted by molar-refractivity contribution is 7.15. The second-order valence-corrected chi connectivity index (χ2v) is 9.27. The number of hydrogen-bond acceptors (Lipinski definition) is 7. The van der Waals surface area contributed by atoms with Crippen molar-refractivity contribution in [2.75, 3.05) is 58.2 Å². The molecule has 0 radical (unpaired) electrons. The Morgan fingerprint density at radius 1 is 1.42 bits per heavy atom. The normalized spacial score (nSPS) is 30.3. The standard InChI is InChI=1S/C18H29N5O2S/c1-13(2)22-3-5-23(6-4-22)16(24)18-11-21(8-14(18)10-25-12-18)9-15-7-20-17(19)26-15/h7,13-14H,3-6,8-12H2,1-2H3,(H2,19,20)/t14-,18-/m1/s1. The summed E-state index contributed by atoms with van der Waals surface area (Å²) < 4.78 is 5.77. The predicted molar refractivity (Wildman–Crippen MR) is 102 cm³/mol. The number of carbonyl (C=O) groups excluding carboxylic acids is 1. The summed E-state index contributed by atoms with van der Waals surface area (Å²) in [5.41, 5.74) is 5.39. The summed E-state index contributed by atoms with van der Waals surface area (Å²) in [6.45, 7) is 11.8. The van der Waals surface area contributed by atoms with Crippen LogP contribution in [0, 0.1) is 11.3 Å². The van der Waals surface area contributed by atoms with Gasteiger partial charge in [-0.2, -0.15) is 0 Å². The Labute approximate surface area is 159 Å². The molecule has 1 aromatic heterocycles. The maximum absolute atomic E-state index is 13.5. The van der Waals surface area contributed by atoms with Crippen molar-refractivity contribution < 1.29 is 9.53 Å². The lowest BCUT2D eigenvalue weighted by atomic mass is 9.79. The van der Waals surface area contributed by atoms with Gasteiger partial charge in [0.15, 0.2) is 5.13 Å². The van der Waals surface area contributed by atoms with Crippen molar-refractivity contribution in [1.82, 2.24) is 19.7 Å². The molecule has 4 rings (SSSR count). The van der Waals surface area contributed by atoms with Crippen molar-refractivity contribution >= 4 is 22.4 Å². The number of rotatable bonds is 4. The van der Waals surface area contributed by atoms with E-state index in [1.165, 1.54) is 11.3 Å². The van der Waals surface area contributed by atoms with Crippen LogP contribution in [-0.2, 0) is 16.1 Å². The quantitative estimate of drug-likeness (QED) is 0.831. The largest absolute Gasteiger partial charge is 0.380 e. The summed E-state index contributed by atoms with van der Waals surface area (Å²) in [5.74, 6) is 0.595. The van der Waals surface area contributed by atoms with Gasteiger partial charge in [-0.25, -0.2) is 4.98 Å². The van der Waals surface area contributed by atoms with Crippen LogP contribution in [0.2, 0.25) is 0 Å². The van der Waals surface area contributed by atoms with E-state index in [0.717, 1.165) is 50.7 Å². The number of aromatic nitrogens is 1. The molecule has 144 valence electrons. The number of nitrogen functional groups attached to an aromatic ring is 1. The van der Waals surface area contributed by atoms with Crippen molar-refractivity contribution in [2.45, 2.75) is 26.4 Å². The average Bonchev–Trinajstić information content (AvgIpc) is 3.29. The maximum Gasteiger partial charge on any atom is 0.232 e. The van der Waals surface area contributed by atoms with E-state index in [1.54, 1.807) is 0 Å². The zero-order chi connectivity index (χ0) is 18.3. The van der Waals surface area contributed by atoms with E-state index in [0.29, 0.717) is 36.2 Å². The summed E-state index contributed by atoms with van der Waals surface area (Å²) in [6.07, 6.45) is 1.85. The van der Waals surface area contributed by atoms with Gasteiger partial charge in [-0.3, -0.25) is 14.6 Å². The number of amides is 1. The number of fused-ring (bicyclic) bond motifs is 1. The molecular formula is C18H29N5O2S. The third-order valence-electron chi connectivity index (χ3n) is 6.15. The number of hydrogen-bond donors (Lipinski definition) is 1. The number of piperazine rings is 1. The molecule has 0 unspecified atom stereocenters. The number of nitrogens with two attached hydrogens (primary N) is 1. The number of likely N-dealkylation sites (tertiary alicyclic amines) is 1. The summed E-state index contributed by atoms with van der Waals surface area (Å²) in [6, 6.07) is 0.543. The highest BCUT2D eigenvalue weighted by Crippen LogP contribution is 2.43. The van der Waals surface area contributed by atoms with Crippen LogP contribution in [0.4, 0.5) is 5.13 Å². The third kappa shape index (κ3) is 3.24. The molecule has 1 amide bonds. The van der Waals surface area contributed by atoms with E-state index in [2.05, 4.69) is 33.5 Å². The third-order valence-corrected chi connectivity index (χ3v) is 6.96. The summed E-state index contributed by atoms with van der Waals surface area (Å²) in [7, 11) is 0. The lowest BCUT2D eigenvalue weighted by molar-refractivity contribution is -0.145. The number of nitrogens with zero attached hydrogens (tertiary/aromatic N) is 4. The van der Waals surface area contributed by atoms with Crippen molar-refractivity contribution in [3.8, 4) is 0 Å². The van der Waals surface area contributed by atoms with Crippen LogP contribution >= 0.6 is 11.3 Å². The van der Waals surface area contributed by atoms with E-state index < -0.39 is 0 Å². The van der Waals surface area contributed by atoms with E-state index in [-0.39, 0.29) is 5.41 Å². The molecule has 3 saturated heterocycles. The predicted octanol–water partition coefficient (Wildman–Crippen LogP) is 0.726. The van der Waals surface area contributed by atoms with Crippen molar-refractivity contribution in [3.63, 3.8) is 0 Å². The van der Waals surface area contributed by atoms with Crippen molar-refractivity contribution in [1.29, 1.82) is 0 Å². The fraction of sp³-hybridized carbons (Fsp3) is 0.778. The molecule has 4 heterocycles. The Kier molecular flexibility index (Phi) is 4.94.